The molecule has 0 aromatic carbocycles. The molecule has 6 rings (SSSR count). The van der Waals surface area contributed by atoms with Gasteiger partial charge in [0.25, 0.3) is 5.56 Å². The van der Waals surface area contributed by atoms with E-state index in [1.165, 1.54) is 0 Å². The van der Waals surface area contributed by atoms with Crippen molar-refractivity contribution in [2.45, 2.75) is 36.9 Å². The van der Waals surface area contributed by atoms with E-state index in [1.807, 2.05) is 0 Å². The van der Waals surface area contributed by atoms with Gasteiger partial charge in [0.05, 0.1) is 6.61 Å². The first-order valence-electron chi connectivity index (χ1n) is 9.76. The molecule has 18 nitrogen and oxygen atoms in total. The number of aliphatic hydroxyl groups excluding tert-OH is 4. The molecule has 35 heavy (non-hydrogen) atoms. The van der Waals surface area contributed by atoms with Gasteiger partial charge in [0.2, 0.25) is 6.23 Å². The predicted molar refractivity (Wildman–Crippen MR) is 106 cm³/mol. The number of fused-ring (bicyclic) bond motifs is 7. The number of ether oxygens (including phenoxy) is 2. The Hall–Kier alpha value is -2.21. The molecule has 8 atom stereocenters. The Balaban J connectivity index is 1.59. The van der Waals surface area contributed by atoms with Crippen molar-refractivity contribution in [3.05, 3.63) is 34.5 Å². The molecule has 8 bridgehead atoms. The number of rotatable bonds is 0. The molecular formula is C15H18N4O14P2. The molecule has 2 unspecified atom stereocenters. The maximum atomic E-state index is 13.0. The molecule has 2 aromatic rings. The number of hydrogen-bond acceptors (Lipinski definition) is 14. The predicted octanol–water partition coefficient (Wildman–Crippen LogP) is -1.86. The summed E-state index contributed by atoms with van der Waals surface area (Å²) < 4.78 is 50.2. The fourth-order valence-corrected chi connectivity index (χ4v) is 5.80. The standard InChI is InChI=1S/C15H18N4O14P2/c20-8-5-1-29-34(25,26)33-35(27,28)30-2-6-9(21)11(23)15(32-6)19-4-17-12-7(13(19)24)16-3-18(12)14(31-5)10(8)22/h3-4,6,9-11,14-15,20-23H,1-2H2,(H,25,26)(H,27,28)/t6-,9-,10-,11-,14-,15-/m1/s1. The van der Waals surface area contributed by atoms with Gasteiger partial charge in [-0.2, -0.15) is 4.31 Å². The third-order valence-corrected chi connectivity index (χ3v) is 8.04. The van der Waals surface area contributed by atoms with Crippen molar-refractivity contribution in [3.63, 3.8) is 0 Å². The molecule has 192 valence electrons. The first-order chi connectivity index (χ1) is 16.4. The molecule has 0 radical (unpaired) electrons. The van der Waals surface area contributed by atoms with E-state index in [4.69, 9.17) is 9.47 Å². The molecule has 4 aliphatic heterocycles. The maximum absolute atomic E-state index is 13.0. The SMILES string of the molecule is O=c1c2ncn3c2ncn1[C@@H]1O[C@H](COP(=O)(O)OP(=O)(O)OCC2=C(O)[C@@H](O)[C@H]3O2)[C@@H](O)[C@H]1O. The Morgan fingerprint density at radius 1 is 0.971 bits per heavy atom. The quantitative estimate of drug-likeness (QED) is 0.200. The van der Waals surface area contributed by atoms with Crippen LogP contribution in [-0.4, -0.2) is 86.9 Å². The fraction of sp³-hybridized carbons (Fsp3) is 0.533. The zero-order chi connectivity index (χ0) is 25.3. The highest BCUT2D eigenvalue weighted by atomic mass is 31.3. The summed E-state index contributed by atoms with van der Waals surface area (Å²) in [6.45, 7) is -1.90. The van der Waals surface area contributed by atoms with Gasteiger partial charge < -0.3 is 39.7 Å². The van der Waals surface area contributed by atoms with Gasteiger partial charge in [0.1, 0.15) is 37.6 Å². The lowest BCUT2D eigenvalue weighted by Gasteiger charge is -2.20. The average Bonchev–Trinajstić information content (AvgIpc) is 3.41. The summed E-state index contributed by atoms with van der Waals surface area (Å²) in [5, 5.41) is 41.2. The number of hydrogen-bond donors (Lipinski definition) is 6. The largest absolute Gasteiger partial charge is 0.506 e. The second-order valence-electron chi connectivity index (χ2n) is 7.68. The van der Waals surface area contributed by atoms with Crippen molar-refractivity contribution in [3.8, 4) is 0 Å². The third kappa shape index (κ3) is 4.22. The fourth-order valence-electron chi connectivity index (χ4n) is 3.76. The minimum Gasteiger partial charge on any atom is -0.506 e. The number of nitrogens with zero attached hydrogens (tertiary/aromatic N) is 4. The zero-order valence-electron chi connectivity index (χ0n) is 17.2. The highest BCUT2D eigenvalue weighted by molar-refractivity contribution is 7.61. The van der Waals surface area contributed by atoms with Crippen LogP contribution in [0, 0.1) is 0 Å². The molecule has 4 aliphatic rings. The van der Waals surface area contributed by atoms with Gasteiger partial charge in [-0.25, -0.2) is 19.1 Å². The van der Waals surface area contributed by atoms with Gasteiger partial charge in [0.15, 0.2) is 35.0 Å². The summed E-state index contributed by atoms with van der Waals surface area (Å²) in [7, 11) is -10.6. The Labute approximate surface area is 193 Å². The van der Waals surface area contributed by atoms with Gasteiger partial charge >= 0.3 is 15.6 Å². The highest BCUT2D eigenvalue weighted by Crippen LogP contribution is 2.61. The van der Waals surface area contributed by atoms with E-state index in [-0.39, 0.29) is 11.2 Å². The van der Waals surface area contributed by atoms with Crippen molar-refractivity contribution in [2.24, 2.45) is 0 Å². The lowest BCUT2D eigenvalue weighted by molar-refractivity contribution is -0.0540. The minimum atomic E-state index is -5.30. The van der Waals surface area contributed by atoms with Crippen molar-refractivity contribution in [1.82, 2.24) is 19.1 Å². The van der Waals surface area contributed by atoms with E-state index < -0.39 is 82.8 Å². The van der Waals surface area contributed by atoms with Crippen molar-refractivity contribution < 1.29 is 62.2 Å². The number of phosphoric ester groups is 2. The average molecular weight is 540 g/mol. The summed E-state index contributed by atoms with van der Waals surface area (Å²) in [6, 6.07) is 0. The number of aromatic nitrogens is 4. The first-order valence-corrected chi connectivity index (χ1v) is 12.8. The van der Waals surface area contributed by atoms with Crippen LogP contribution < -0.4 is 5.56 Å². The zero-order valence-corrected chi connectivity index (χ0v) is 19.0. The van der Waals surface area contributed by atoms with Crippen LogP contribution in [0.3, 0.4) is 0 Å². The lowest BCUT2D eigenvalue weighted by Crippen LogP contribution is -2.35. The molecule has 6 heterocycles. The van der Waals surface area contributed by atoms with E-state index in [1.54, 1.807) is 0 Å². The molecule has 6 N–H and O–H groups in total. The molecule has 2 aromatic heterocycles. The van der Waals surface area contributed by atoms with Crippen molar-refractivity contribution in [1.29, 1.82) is 0 Å². The minimum absolute atomic E-state index is 0.100. The van der Waals surface area contributed by atoms with E-state index in [9.17, 15) is 44.1 Å². The van der Waals surface area contributed by atoms with Gasteiger partial charge in [-0.1, -0.05) is 0 Å². The Bertz CT molecular complexity index is 1360. The van der Waals surface area contributed by atoms with Crippen LogP contribution in [0.1, 0.15) is 12.5 Å². The monoisotopic (exact) mass is 540 g/mol. The second kappa shape index (κ2) is 8.43. The van der Waals surface area contributed by atoms with Crippen LogP contribution >= 0.6 is 15.6 Å². The summed E-state index contributed by atoms with van der Waals surface area (Å²) in [4.78, 5) is 40.6. The molecule has 0 saturated carbocycles. The Morgan fingerprint density at radius 2 is 1.66 bits per heavy atom. The van der Waals surface area contributed by atoms with Gasteiger partial charge in [0, 0.05) is 0 Å². The van der Waals surface area contributed by atoms with Gasteiger partial charge in [-0.05, 0) is 0 Å². The maximum Gasteiger partial charge on any atom is 0.481 e. The van der Waals surface area contributed by atoms with E-state index in [0.717, 1.165) is 21.8 Å². The molecule has 0 spiro atoms. The van der Waals surface area contributed by atoms with Crippen LogP contribution in [0.5, 0.6) is 0 Å². The van der Waals surface area contributed by atoms with Crippen LogP contribution in [0.15, 0.2) is 29.0 Å². The lowest BCUT2D eigenvalue weighted by atomic mass is 10.1. The third-order valence-electron chi connectivity index (χ3n) is 5.46. The summed E-state index contributed by atoms with van der Waals surface area (Å²) in [5.74, 6) is -1.32. The van der Waals surface area contributed by atoms with Crippen molar-refractivity contribution >= 4 is 26.8 Å². The topological polar surface area (TPSA) is 254 Å². The number of phosphoric acid groups is 2. The van der Waals surface area contributed by atoms with Crippen LogP contribution in [0.25, 0.3) is 11.2 Å². The van der Waals surface area contributed by atoms with Crippen LogP contribution in [-0.2, 0) is 32.0 Å². The summed E-state index contributed by atoms with van der Waals surface area (Å²) >= 11 is 0. The Kier molecular flexibility index (Phi) is 5.90. The molecule has 1 fully saturated rings. The van der Waals surface area contributed by atoms with Gasteiger partial charge in [-0.15, -0.1) is 0 Å². The highest BCUT2D eigenvalue weighted by Gasteiger charge is 2.47. The molecular weight excluding hydrogens is 522 g/mol. The smallest absolute Gasteiger partial charge is 0.481 e. The second-order valence-corrected chi connectivity index (χ2v) is 10.7. The Morgan fingerprint density at radius 3 is 2.40 bits per heavy atom. The van der Waals surface area contributed by atoms with Crippen LogP contribution in [0.2, 0.25) is 0 Å². The molecule has 0 amide bonds. The molecule has 0 aliphatic carbocycles. The summed E-state index contributed by atoms with van der Waals surface area (Å²) in [6.07, 6.45) is -7.58. The van der Waals surface area contributed by atoms with E-state index in [2.05, 4.69) is 23.3 Å². The summed E-state index contributed by atoms with van der Waals surface area (Å²) in [5.41, 5.74) is -1.18. The normalized spacial score (nSPS) is 40.3. The number of aliphatic hydroxyl groups is 4. The molecule has 20 heteroatoms. The first kappa shape index (κ1) is 24.5. The van der Waals surface area contributed by atoms with Gasteiger partial charge in [-0.3, -0.25) is 23.0 Å². The molecule has 1 saturated heterocycles. The van der Waals surface area contributed by atoms with Crippen molar-refractivity contribution in [2.75, 3.05) is 13.2 Å². The van der Waals surface area contributed by atoms with E-state index in [0.29, 0.717) is 0 Å². The van der Waals surface area contributed by atoms with Crippen LogP contribution in [0.4, 0.5) is 0 Å². The van der Waals surface area contributed by atoms with E-state index >= 15 is 0 Å². The number of imidazole rings is 1.